The minimum atomic E-state index is -0.474. The van der Waals surface area contributed by atoms with Gasteiger partial charge in [0.2, 0.25) is 5.95 Å². The number of aryl methyl sites for hydroxylation is 1. The van der Waals surface area contributed by atoms with Gasteiger partial charge in [-0.25, -0.2) is 9.31 Å². The van der Waals surface area contributed by atoms with Crippen molar-refractivity contribution in [3.05, 3.63) is 23.9 Å². The average molecular weight is 234 g/mol. The molecule has 2 aromatic heterocycles. The Kier molecular flexibility index (Phi) is 2.95. The van der Waals surface area contributed by atoms with Crippen molar-refractivity contribution in [1.29, 1.82) is 0 Å². The van der Waals surface area contributed by atoms with Crippen molar-refractivity contribution < 1.29 is 9.53 Å². The summed E-state index contributed by atoms with van der Waals surface area (Å²) in [5.74, 6) is 0.0635. The molecule has 2 heterocycles. The van der Waals surface area contributed by atoms with Crippen LogP contribution in [0.2, 0.25) is 0 Å². The molecule has 0 bridgehead atoms. The van der Waals surface area contributed by atoms with E-state index in [9.17, 15) is 4.79 Å². The fraction of sp³-hybridized carbons (Fsp3) is 0.364. The van der Waals surface area contributed by atoms with Gasteiger partial charge >= 0.3 is 5.97 Å². The molecule has 6 nitrogen and oxygen atoms in total. The lowest BCUT2D eigenvalue weighted by molar-refractivity contribution is -0.141. The molecule has 1 unspecified atom stereocenters. The Hall–Kier alpha value is -2.11. The first-order valence-corrected chi connectivity index (χ1v) is 5.27. The third kappa shape index (κ3) is 2.35. The zero-order chi connectivity index (χ0) is 12.4. The Bertz CT molecular complexity index is 549. The largest absolute Gasteiger partial charge is 0.467 e. The lowest BCUT2D eigenvalue weighted by Gasteiger charge is -2.08. The summed E-state index contributed by atoms with van der Waals surface area (Å²) in [4.78, 5) is 15.5. The molecular weight excluding hydrogens is 220 g/mol. The number of hydrogen-bond acceptors (Lipinski definition) is 5. The van der Waals surface area contributed by atoms with Crippen molar-refractivity contribution in [2.75, 3.05) is 12.4 Å². The molecule has 90 valence electrons. The minimum Gasteiger partial charge on any atom is -0.467 e. The summed E-state index contributed by atoms with van der Waals surface area (Å²) in [5.41, 5.74) is 1.82. The molecule has 0 saturated heterocycles. The molecule has 0 fully saturated rings. The average Bonchev–Trinajstić information content (AvgIpc) is 2.69. The molecule has 1 atom stereocenters. The number of nitrogens with one attached hydrogen (secondary N) is 1. The first kappa shape index (κ1) is 11.4. The van der Waals surface area contributed by atoms with Crippen molar-refractivity contribution in [2.45, 2.75) is 19.9 Å². The number of carbonyl (C=O) groups excluding carboxylic acids is 1. The van der Waals surface area contributed by atoms with E-state index >= 15 is 0 Å². The lowest BCUT2D eigenvalue weighted by atomic mass is 10.3. The summed E-state index contributed by atoms with van der Waals surface area (Å²) in [7, 11) is 1.35. The number of nitrogens with zero attached hydrogens (tertiary/aromatic N) is 3. The van der Waals surface area contributed by atoms with E-state index in [-0.39, 0.29) is 5.97 Å². The van der Waals surface area contributed by atoms with Gasteiger partial charge < -0.3 is 10.1 Å². The number of carbonyl (C=O) groups is 1. The van der Waals surface area contributed by atoms with Crippen molar-refractivity contribution in [1.82, 2.24) is 14.6 Å². The zero-order valence-corrected chi connectivity index (χ0v) is 9.97. The Morgan fingerprint density at radius 3 is 3.00 bits per heavy atom. The maximum absolute atomic E-state index is 11.2. The molecule has 1 N–H and O–H groups in total. The highest BCUT2D eigenvalue weighted by Crippen LogP contribution is 2.08. The third-order valence-electron chi connectivity index (χ3n) is 2.38. The third-order valence-corrected chi connectivity index (χ3v) is 2.38. The maximum atomic E-state index is 11.2. The van der Waals surface area contributed by atoms with Crippen molar-refractivity contribution >= 4 is 17.6 Å². The molecule has 0 saturated carbocycles. The minimum absolute atomic E-state index is 0.347. The molecule has 17 heavy (non-hydrogen) atoms. The first-order chi connectivity index (χ1) is 8.10. The lowest BCUT2D eigenvalue weighted by Crippen LogP contribution is -2.27. The fourth-order valence-corrected chi connectivity index (χ4v) is 1.48. The Morgan fingerprint density at radius 1 is 1.53 bits per heavy atom. The van der Waals surface area contributed by atoms with E-state index in [0.29, 0.717) is 5.95 Å². The van der Waals surface area contributed by atoms with Gasteiger partial charge in [-0.1, -0.05) is 6.07 Å². The molecule has 0 amide bonds. The van der Waals surface area contributed by atoms with E-state index in [0.717, 1.165) is 11.2 Å². The van der Waals surface area contributed by atoms with Crippen LogP contribution in [0.3, 0.4) is 0 Å². The normalized spacial score (nSPS) is 12.4. The highest BCUT2D eigenvalue weighted by atomic mass is 16.5. The highest BCUT2D eigenvalue weighted by Gasteiger charge is 2.14. The molecule has 0 aliphatic rings. The van der Waals surface area contributed by atoms with Gasteiger partial charge in [0.15, 0.2) is 5.65 Å². The summed E-state index contributed by atoms with van der Waals surface area (Å²) < 4.78 is 6.28. The van der Waals surface area contributed by atoms with Crippen LogP contribution >= 0.6 is 0 Å². The van der Waals surface area contributed by atoms with Crippen LogP contribution in [0.4, 0.5) is 5.95 Å². The molecule has 2 rings (SSSR count). The molecular formula is C11H14N4O2. The number of anilines is 1. The van der Waals surface area contributed by atoms with Crippen LogP contribution in [0, 0.1) is 6.92 Å². The maximum Gasteiger partial charge on any atom is 0.328 e. The van der Waals surface area contributed by atoms with E-state index in [1.807, 2.05) is 25.3 Å². The Balaban J connectivity index is 2.22. The molecule has 0 aliphatic heterocycles. The predicted molar refractivity (Wildman–Crippen MR) is 62.8 cm³/mol. The van der Waals surface area contributed by atoms with Crippen molar-refractivity contribution in [3.63, 3.8) is 0 Å². The monoisotopic (exact) mass is 234 g/mol. The number of aromatic nitrogens is 3. The van der Waals surface area contributed by atoms with Crippen LogP contribution in [0.15, 0.2) is 18.3 Å². The number of ether oxygens (including phenoxy) is 1. The van der Waals surface area contributed by atoms with E-state index < -0.39 is 6.04 Å². The van der Waals surface area contributed by atoms with Gasteiger partial charge in [-0.3, -0.25) is 0 Å². The number of methoxy groups -OCH3 is 1. The van der Waals surface area contributed by atoms with Crippen molar-refractivity contribution in [2.24, 2.45) is 0 Å². The Morgan fingerprint density at radius 2 is 2.29 bits per heavy atom. The summed E-state index contributed by atoms with van der Waals surface area (Å²) in [5, 5.41) is 7.10. The predicted octanol–water partition coefficient (Wildman–Crippen LogP) is 1.01. The summed E-state index contributed by atoms with van der Waals surface area (Å²) in [6.07, 6.45) is 1.87. The topological polar surface area (TPSA) is 68.5 Å². The standard InChI is InChI=1S/C11H14N4O2/c1-7-4-5-9-13-11(14-15(9)6-7)12-8(2)10(16)17-3/h4-6,8H,1-3H3,(H,12,14). The van der Waals surface area contributed by atoms with Crippen LogP contribution in [-0.4, -0.2) is 33.7 Å². The van der Waals surface area contributed by atoms with Gasteiger partial charge in [0, 0.05) is 6.20 Å². The van der Waals surface area contributed by atoms with Gasteiger partial charge in [-0.2, -0.15) is 4.98 Å². The van der Waals surface area contributed by atoms with Gasteiger partial charge in [-0.05, 0) is 25.5 Å². The quantitative estimate of drug-likeness (QED) is 0.803. The van der Waals surface area contributed by atoms with Crippen LogP contribution < -0.4 is 5.32 Å². The molecule has 0 aromatic carbocycles. The highest BCUT2D eigenvalue weighted by molar-refractivity contribution is 5.78. The van der Waals surface area contributed by atoms with Crippen molar-refractivity contribution in [3.8, 4) is 0 Å². The second-order valence-corrected chi connectivity index (χ2v) is 3.83. The van der Waals surface area contributed by atoms with Gasteiger partial charge in [-0.15, -0.1) is 5.10 Å². The molecule has 0 spiro atoms. The number of pyridine rings is 1. The second kappa shape index (κ2) is 4.40. The molecule has 6 heteroatoms. The van der Waals surface area contributed by atoms with E-state index in [4.69, 9.17) is 0 Å². The van der Waals surface area contributed by atoms with Gasteiger partial charge in [0.1, 0.15) is 6.04 Å². The van der Waals surface area contributed by atoms with E-state index in [1.165, 1.54) is 7.11 Å². The number of esters is 1. The fourth-order valence-electron chi connectivity index (χ4n) is 1.48. The number of hydrogen-bond donors (Lipinski definition) is 1. The molecule has 0 radical (unpaired) electrons. The second-order valence-electron chi connectivity index (χ2n) is 3.83. The summed E-state index contributed by atoms with van der Waals surface area (Å²) in [6.45, 7) is 3.67. The number of fused-ring (bicyclic) bond motifs is 1. The van der Waals surface area contributed by atoms with E-state index in [2.05, 4.69) is 20.1 Å². The Labute approximate surface area is 98.6 Å². The molecule has 0 aliphatic carbocycles. The smallest absolute Gasteiger partial charge is 0.328 e. The number of rotatable bonds is 3. The van der Waals surface area contributed by atoms with Crippen LogP contribution in [-0.2, 0) is 9.53 Å². The SMILES string of the molecule is COC(=O)C(C)Nc1nc2ccc(C)cn2n1. The van der Waals surface area contributed by atoms with Crippen LogP contribution in [0.25, 0.3) is 5.65 Å². The van der Waals surface area contributed by atoms with Gasteiger partial charge in [0.25, 0.3) is 0 Å². The van der Waals surface area contributed by atoms with Crippen LogP contribution in [0.5, 0.6) is 0 Å². The molecule has 2 aromatic rings. The van der Waals surface area contributed by atoms with Crippen LogP contribution in [0.1, 0.15) is 12.5 Å². The summed E-state index contributed by atoms with van der Waals surface area (Å²) in [6, 6.07) is 3.35. The van der Waals surface area contributed by atoms with Gasteiger partial charge in [0.05, 0.1) is 7.11 Å². The van der Waals surface area contributed by atoms with E-state index in [1.54, 1.807) is 11.4 Å². The summed E-state index contributed by atoms with van der Waals surface area (Å²) >= 11 is 0. The zero-order valence-electron chi connectivity index (χ0n) is 9.97. The first-order valence-electron chi connectivity index (χ1n) is 5.27.